The van der Waals surface area contributed by atoms with Crippen LogP contribution in [0, 0.1) is 0 Å². The highest BCUT2D eigenvalue weighted by molar-refractivity contribution is 7.89. The molecule has 0 atom stereocenters. The fourth-order valence-electron chi connectivity index (χ4n) is 4.06. The fraction of sp³-hybridized carbons (Fsp3) is 0.667. The first-order valence-corrected chi connectivity index (χ1v) is 11.3. The van der Waals surface area contributed by atoms with Crippen LogP contribution in [0.15, 0.2) is 21.6 Å². The lowest BCUT2D eigenvalue weighted by molar-refractivity contribution is 0.111. The summed E-state index contributed by atoms with van der Waals surface area (Å²) in [7, 11) is -3.52. The number of aryl methyl sites for hydroxylation is 1. The summed E-state index contributed by atoms with van der Waals surface area (Å²) in [6, 6.07) is 2.21. The van der Waals surface area contributed by atoms with Gasteiger partial charge in [0.15, 0.2) is 0 Å². The normalized spacial score (nSPS) is 20.9. The van der Waals surface area contributed by atoms with E-state index in [4.69, 9.17) is 4.42 Å². The number of nitrogens with zero attached hydrogens (tertiary/aromatic N) is 4. The molecule has 9 heteroatoms. The van der Waals surface area contributed by atoms with E-state index in [0.717, 1.165) is 13.1 Å². The number of hydrogen-bond donors (Lipinski definition) is 1. The molecular formula is C18H27N5O3S. The predicted molar refractivity (Wildman–Crippen MR) is 101 cm³/mol. The molecule has 148 valence electrons. The molecule has 1 saturated carbocycles. The first-order chi connectivity index (χ1) is 13.1. The number of nitrogens with one attached hydrogen (secondary N) is 1. The third kappa shape index (κ3) is 3.81. The van der Waals surface area contributed by atoms with Gasteiger partial charge in [-0.2, -0.15) is 4.31 Å². The maximum atomic E-state index is 13.0. The number of piperazine rings is 1. The Bertz CT molecular complexity index is 861. The van der Waals surface area contributed by atoms with Crippen molar-refractivity contribution in [1.29, 1.82) is 0 Å². The predicted octanol–water partition coefficient (Wildman–Crippen LogP) is 2.27. The first-order valence-electron chi connectivity index (χ1n) is 9.83. The molecule has 0 aromatic carbocycles. The van der Waals surface area contributed by atoms with Gasteiger partial charge in [0.1, 0.15) is 10.6 Å². The summed E-state index contributed by atoms with van der Waals surface area (Å²) in [4.78, 5) is 5.67. The summed E-state index contributed by atoms with van der Waals surface area (Å²) in [6.07, 6.45) is 8.57. The number of rotatable bonds is 5. The van der Waals surface area contributed by atoms with Gasteiger partial charge in [0.2, 0.25) is 15.9 Å². The standard InChI is InChI=1S/C18H27N5O3S/c1-2-17-20-21-18(26-17)16-12-15(13-19-16)27(24,25)23-10-8-22(9-11-23)14-6-4-3-5-7-14/h12-14,19H,2-11H2,1H3. The third-order valence-corrected chi connectivity index (χ3v) is 7.53. The molecule has 2 fully saturated rings. The molecule has 1 saturated heterocycles. The van der Waals surface area contributed by atoms with Crippen molar-refractivity contribution < 1.29 is 12.8 Å². The van der Waals surface area contributed by atoms with Gasteiger partial charge in [0, 0.05) is 44.8 Å². The number of aromatic amines is 1. The van der Waals surface area contributed by atoms with Crippen molar-refractivity contribution in [3.63, 3.8) is 0 Å². The molecule has 2 aliphatic rings. The molecule has 3 heterocycles. The maximum absolute atomic E-state index is 13.0. The van der Waals surface area contributed by atoms with Crippen LogP contribution in [0.3, 0.4) is 0 Å². The smallest absolute Gasteiger partial charge is 0.264 e. The summed E-state index contributed by atoms with van der Waals surface area (Å²) < 4.78 is 33.1. The van der Waals surface area contributed by atoms with Crippen LogP contribution in [0.25, 0.3) is 11.6 Å². The van der Waals surface area contributed by atoms with E-state index in [2.05, 4.69) is 20.1 Å². The highest BCUT2D eigenvalue weighted by Crippen LogP contribution is 2.26. The van der Waals surface area contributed by atoms with Crippen molar-refractivity contribution >= 4 is 10.0 Å². The molecule has 2 aromatic heterocycles. The molecule has 0 bridgehead atoms. The molecule has 0 amide bonds. The van der Waals surface area contributed by atoms with Gasteiger partial charge in [-0.15, -0.1) is 10.2 Å². The summed E-state index contributed by atoms with van der Waals surface area (Å²) >= 11 is 0. The Labute approximate surface area is 160 Å². The minimum Gasteiger partial charge on any atom is -0.419 e. The van der Waals surface area contributed by atoms with Gasteiger partial charge in [-0.25, -0.2) is 8.42 Å². The first kappa shape index (κ1) is 18.6. The lowest BCUT2D eigenvalue weighted by Gasteiger charge is -2.40. The molecule has 1 aliphatic heterocycles. The molecular weight excluding hydrogens is 366 g/mol. The average Bonchev–Trinajstić information content (AvgIpc) is 3.38. The zero-order valence-electron chi connectivity index (χ0n) is 15.7. The van der Waals surface area contributed by atoms with Crippen molar-refractivity contribution in [2.24, 2.45) is 0 Å². The zero-order chi connectivity index (χ0) is 18.9. The van der Waals surface area contributed by atoms with Crippen molar-refractivity contribution in [3.8, 4) is 11.6 Å². The lowest BCUT2D eigenvalue weighted by atomic mass is 9.94. The largest absolute Gasteiger partial charge is 0.419 e. The Morgan fingerprint density at radius 2 is 1.89 bits per heavy atom. The quantitative estimate of drug-likeness (QED) is 0.837. The second-order valence-electron chi connectivity index (χ2n) is 7.34. The Kier molecular flexibility index (Phi) is 5.34. The summed E-state index contributed by atoms with van der Waals surface area (Å²) in [6.45, 7) is 4.63. The molecule has 27 heavy (non-hydrogen) atoms. The van der Waals surface area contributed by atoms with Crippen molar-refractivity contribution in [2.75, 3.05) is 26.2 Å². The summed E-state index contributed by atoms with van der Waals surface area (Å²) in [5, 5.41) is 7.89. The van der Waals surface area contributed by atoms with Crippen LogP contribution in [-0.2, 0) is 16.4 Å². The van der Waals surface area contributed by atoms with Gasteiger partial charge < -0.3 is 9.40 Å². The molecule has 0 radical (unpaired) electrons. The zero-order valence-corrected chi connectivity index (χ0v) is 16.5. The van der Waals surface area contributed by atoms with Gasteiger partial charge in [-0.1, -0.05) is 26.2 Å². The van der Waals surface area contributed by atoms with Crippen LogP contribution in [-0.4, -0.2) is 65.0 Å². The van der Waals surface area contributed by atoms with E-state index in [9.17, 15) is 8.42 Å². The Morgan fingerprint density at radius 3 is 2.56 bits per heavy atom. The highest BCUT2D eigenvalue weighted by atomic mass is 32.2. The lowest BCUT2D eigenvalue weighted by Crippen LogP contribution is -2.52. The van der Waals surface area contributed by atoms with Crippen LogP contribution in [0.2, 0.25) is 0 Å². The molecule has 1 N–H and O–H groups in total. The maximum Gasteiger partial charge on any atom is 0.264 e. The second kappa shape index (κ2) is 7.73. The third-order valence-electron chi connectivity index (χ3n) is 5.66. The van der Waals surface area contributed by atoms with Crippen molar-refractivity contribution in [3.05, 3.63) is 18.2 Å². The summed E-state index contributed by atoms with van der Waals surface area (Å²) in [5.41, 5.74) is 0.529. The monoisotopic (exact) mass is 393 g/mol. The van der Waals surface area contributed by atoms with Crippen LogP contribution in [0.4, 0.5) is 0 Å². The van der Waals surface area contributed by atoms with Crippen LogP contribution in [0.1, 0.15) is 44.9 Å². The van der Waals surface area contributed by atoms with E-state index >= 15 is 0 Å². The van der Waals surface area contributed by atoms with Gasteiger partial charge >= 0.3 is 0 Å². The van der Waals surface area contributed by atoms with Crippen molar-refractivity contribution in [1.82, 2.24) is 24.4 Å². The SMILES string of the molecule is CCc1nnc(-c2cc(S(=O)(=O)N3CCN(C4CCCCC4)CC3)c[nH]2)o1. The Hall–Kier alpha value is -1.71. The van der Waals surface area contributed by atoms with Gasteiger partial charge in [0.05, 0.1) is 0 Å². The molecule has 2 aromatic rings. The van der Waals surface area contributed by atoms with E-state index in [1.54, 1.807) is 10.4 Å². The topological polar surface area (TPSA) is 95.3 Å². The summed E-state index contributed by atoms with van der Waals surface area (Å²) in [5.74, 6) is 0.846. The van der Waals surface area contributed by atoms with E-state index < -0.39 is 10.0 Å². The van der Waals surface area contributed by atoms with Gasteiger partial charge in [0.25, 0.3) is 5.89 Å². The molecule has 1 aliphatic carbocycles. The number of H-pyrrole nitrogens is 1. The molecule has 0 spiro atoms. The minimum atomic E-state index is -3.52. The van der Waals surface area contributed by atoms with Crippen LogP contribution in [0.5, 0.6) is 0 Å². The number of sulfonamides is 1. The molecule has 4 rings (SSSR count). The number of aromatic nitrogens is 3. The van der Waals surface area contributed by atoms with E-state index in [0.29, 0.717) is 43.0 Å². The van der Waals surface area contributed by atoms with Gasteiger partial charge in [-0.05, 0) is 18.9 Å². The average molecular weight is 394 g/mol. The van der Waals surface area contributed by atoms with Gasteiger partial charge in [-0.3, -0.25) is 4.90 Å². The molecule has 0 unspecified atom stereocenters. The Morgan fingerprint density at radius 1 is 1.15 bits per heavy atom. The van der Waals surface area contributed by atoms with E-state index in [1.807, 2.05) is 6.92 Å². The molecule has 8 nitrogen and oxygen atoms in total. The Balaban J connectivity index is 1.43. The number of hydrogen-bond acceptors (Lipinski definition) is 6. The van der Waals surface area contributed by atoms with E-state index in [-0.39, 0.29) is 4.90 Å². The van der Waals surface area contributed by atoms with E-state index in [1.165, 1.54) is 38.3 Å². The second-order valence-corrected chi connectivity index (χ2v) is 9.27. The highest BCUT2D eigenvalue weighted by Gasteiger charge is 2.32. The van der Waals surface area contributed by atoms with Crippen molar-refractivity contribution in [2.45, 2.75) is 56.4 Å². The van der Waals surface area contributed by atoms with Crippen LogP contribution >= 0.6 is 0 Å². The minimum absolute atomic E-state index is 0.250. The fourth-order valence-corrected chi connectivity index (χ4v) is 5.47. The van der Waals surface area contributed by atoms with Crippen LogP contribution < -0.4 is 0 Å².